The Labute approximate surface area is 194 Å². The molecule has 1 aliphatic carbocycles. The summed E-state index contributed by atoms with van der Waals surface area (Å²) in [4.78, 5) is 50.4. The third-order valence-corrected chi connectivity index (χ3v) is 7.07. The minimum atomic E-state index is -0.828. The lowest BCUT2D eigenvalue weighted by Gasteiger charge is -2.50. The number of carbonyl (C=O) groups excluding carboxylic acids is 4. The molecule has 3 atom stereocenters. The Morgan fingerprint density at radius 3 is 2.55 bits per heavy atom. The Balaban J connectivity index is 1.47. The van der Waals surface area contributed by atoms with Crippen LogP contribution >= 0.6 is 0 Å². The Bertz CT molecular complexity index is 779. The zero-order valence-electron chi connectivity index (χ0n) is 19.5. The van der Waals surface area contributed by atoms with E-state index in [0.29, 0.717) is 25.7 Å². The number of carbonyl (C=O) groups is 4. The Kier molecular flexibility index (Phi) is 8.16. The minimum Gasteiger partial charge on any atom is -0.446 e. The van der Waals surface area contributed by atoms with Gasteiger partial charge in [-0.2, -0.15) is 5.26 Å². The van der Waals surface area contributed by atoms with E-state index < -0.39 is 24.1 Å². The minimum absolute atomic E-state index is 0.104. The van der Waals surface area contributed by atoms with Crippen LogP contribution in [0, 0.1) is 28.7 Å². The van der Waals surface area contributed by atoms with Crippen molar-refractivity contribution >= 4 is 24.2 Å². The van der Waals surface area contributed by atoms with Gasteiger partial charge in [-0.15, -0.1) is 0 Å². The van der Waals surface area contributed by atoms with Crippen LogP contribution in [0.4, 0.5) is 4.79 Å². The maximum Gasteiger partial charge on any atom is 0.408 e. The van der Waals surface area contributed by atoms with Crippen molar-refractivity contribution in [2.75, 3.05) is 19.6 Å². The summed E-state index contributed by atoms with van der Waals surface area (Å²) in [7, 11) is 0. The lowest BCUT2D eigenvalue weighted by molar-refractivity contribution is -0.127. The second kappa shape index (κ2) is 10.9. The predicted molar refractivity (Wildman–Crippen MR) is 118 cm³/mol. The van der Waals surface area contributed by atoms with E-state index in [2.05, 4.69) is 22.1 Å². The molecule has 182 valence electrons. The van der Waals surface area contributed by atoms with Crippen molar-refractivity contribution in [2.24, 2.45) is 17.3 Å². The van der Waals surface area contributed by atoms with Gasteiger partial charge in [0, 0.05) is 25.6 Å². The van der Waals surface area contributed by atoms with Gasteiger partial charge in [-0.3, -0.25) is 9.59 Å². The maximum absolute atomic E-state index is 12.8. The number of amides is 3. The Hall–Kier alpha value is -2.83. The van der Waals surface area contributed by atoms with Gasteiger partial charge in [0.2, 0.25) is 11.8 Å². The number of alkyl carbamates (subject to hydrolysis) is 1. The fourth-order valence-electron chi connectivity index (χ4n) is 5.12. The first kappa shape index (κ1) is 24.8. The third kappa shape index (κ3) is 6.59. The van der Waals surface area contributed by atoms with Crippen molar-refractivity contribution < 1.29 is 23.9 Å². The van der Waals surface area contributed by atoms with Crippen molar-refractivity contribution in [3.8, 4) is 6.19 Å². The SMILES string of the molecule is CC(C)C[C@H](NC(=O)OC1CC2(CCN(C#N)CC2)C1)C(=O)N[C@H](C=O)C[C@H]1CCNC1=O. The first-order valence-electron chi connectivity index (χ1n) is 11.9. The number of likely N-dealkylation sites (tertiary alicyclic amines) is 1. The number of piperidine rings is 1. The number of aldehydes is 1. The summed E-state index contributed by atoms with van der Waals surface area (Å²) in [5.41, 5.74) is 0.150. The number of rotatable bonds is 9. The first-order chi connectivity index (χ1) is 15.7. The molecule has 33 heavy (non-hydrogen) atoms. The third-order valence-electron chi connectivity index (χ3n) is 7.07. The molecular formula is C23H35N5O5. The Morgan fingerprint density at radius 1 is 1.30 bits per heavy atom. The molecule has 3 N–H and O–H groups in total. The number of hydrogen-bond donors (Lipinski definition) is 3. The number of nitrogens with one attached hydrogen (secondary N) is 3. The molecule has 3 aliphatic rings. The highest BCUT2D eigenvalue weighted by Gasteiger charge is 2.47. The molecule has 10 nitrogen and oxygen atoms in total. The summed E-state index contributed by atoms with van der Waals surface area (Å²) < 4.78 is 5.55. The largest absolute Gasteiger partial charge is 0.446 e. The van der Waals surface area contributed by atoms with Crippen LogP contribution in [-0.2, 0) is 19.1 Å². The molecule has 2 saturated heterocycles. The molecule has 2 aliphatic heterocycles. The van der Waals surface area contributed by atoms with E-state index in [0.717, 1.165) is 38.8 Å². The molecule has 1 saturated carbocycles. The number of ether oxygens (including phenoxy) is 1. The quantitative estimate of drug-likeness (QED) is 0.344. The molecule has 3 rings (SSSR count). The van der Waals surface area contributed by atoms with Crippen LogP contribution in [0.2, 0.25) is 0 Å². The van der Waals surface area contributed by atoms with Crippen LogP contribution in [0.1, 0.15) is 58.8 Å². The van der Waals surface area contributed by atoms with Gasteiger partial charge in [0.05, 0.1) is 6.04 Å². The molecule has 10 heteroatoms. The van der Waals surface area contributed by atoms with E-state index in [1.807, 2.05) is 13.8 Å². The van der Waals surface area contributed by atoms with Crippen LogP contribution in [0.3, 0.4) is 0 Å². The number of hydrogen-bond acceptors (Lipinski definition) is 7. The van der Waals surface area contributed by atoms with Gasteiger partial charge in [0.1, 0.15) is 18.4 Å². The molecule has 0 bridgehead atoms. The van der Waals surface area contributed by atoms with Crippen LogP contribution in [0.5, 0.6) is 0 Å². The summed E-state index contributed by atoms with van der Waals surface area (Å²) in [6, 6.07) is -1.62. The standard InChI is InChI=1S/C23H35N5O5/c1-15(2)9-19(21(31)26-17(13-29)10-16-3-6-25-20(16)30)27-22(32)33-18-11-23(12-18)4-7-28(14-24)8-5-23/h13,15-19H,3-12H2,1-2H3,(H,25,30)(H,26,31)(H,27,32)/t16-,17+,19+/m1/s1. The molecule has 0 aromatic rings. The topological polar surface area (TPSA) is 141 Å². The summed E-state index contributed by atoms with van der Waals surface area (Å²) >= 11 is 0. The van der Waals surface area contributed by atoms with Gasteiger partial charge in [-0.1, -0.05) is 13.8 Å². The second-order valence-electron chi connectivity index (χ2n) is 10.1. The monoisotopic (exact) mass is 461 g/mol. The normalized spacial score (nSPS) is 23.8. The highest BCUT2D eigenvalue weighted by molar-refractivity contribution is 5.88. The molecule has 3 fully saturated rings. The summed E-state index contributed by atoms with van der Waals surface area (Å²) in [5.74, 6) is -0.722. The van der Waals surface area contributed by atoms with Gasteiger partial charge in [-0.05, 0) is 56.3 Å². The zero-order valence-corrected chi connectivity index (χ0v) is 19.5. The van der Waals surface area contributed by atoms with Crippen molar-refractivity contribution in [3.63, 3.8) is 0 Å². The Morgan fingerprint density at radius 2 is 2.00 bits per heavy atom. The zero-order chi connectivity index (χ0) is 24.0. The van der Waals surface area contributed by atoms with Crippen LogP contribution in [0.25, 0.3) is 0 Å². The summed E-state index contributed by atoms with van der Waals surface area (Å²) in [5, 5.41) is 17.1. The molecule has 0 aromatic carbocycles. The van der Waals surface area contributed by atoms with E-state index in [-0.39, 0.29) is 35.7 Å². The van der Waals surface area contributed by atoms with Crippen molar-refractivity contribution in [3.05, 3.63) is 0 Å². The second-order valence-corrected chi connectivity index (χ2v) is 10.1. The highest BCUT2D eigenvalue weighted by Crippen LogP contribution is 2.50. The summed E-state index contributed by atoms with van der Waals surface area (Å²) in [6.45, 7) is 5.94. The number of nitrogens with zero attached hydrogens (tertiary/aromatic N) is 2. The molecular weight excluding hydrogens is 426 g/mol. The van der Waals surface area contributed by atoms with Gasteiger partial charge in [0.15, 0.2) is 6.19 Å². The van der Waals surface area contributed by atoms with Gasteiger partial charge < -0.3 is 30.4 Å². The predicted octanol–water partition coefficient (Wildman–Crippen LogP) is 1.06. The van der Waals surface area contributed by atoms with E-state index in [4.69, 9.17) is 10.00 Å². The van der Waals surface area contributed by atoms with E-state index in [1.54, 1.807) is 4.90 Å². The average Bonchev–Trinajstić information content (AvgIpc) is 3.16. The smallest absolute Gasteiger partial charge is 0.408 e. The van der Waals surface area contributed by atoms with Gasteiger partial charge in [0.25, 0.3) is 0 Å². The fourth-order valence-corrected chi connectivity index (χ4v) is 5.12. The van der Waals surface area contributed by atoms with Crippen molar-refractivity contribution in [1.29, 1.82) is 5.26 Å². The average molecular weight is 462 g/mol. The molecule has 0 aromatic heterocycles. The molecule has 0 unspecified atom stereocenters. The van der Waals surface area contributed by atoms with Crippen LogP contribution in [-0.4, -0.2) is 66.9 Å². The van der Waals surface area contributed by atoms with E-state index >= 15 is 0 Å². The molecule has 3 amide bonds. The fraction of sp³-hybridized carbons (Fsp3) is 0.783. The van der Waals surface area contributed by atoms with Crippen LogP contribution in [0.15, 0.2) is 0 Å². The van der Waals surface area contributed by atoms with E-state index in [1.165, 1.54) is 0 Å². The summed E-state index contributed by atoms with van der Waals surface area (Å²) in [6.07, 6.45) is 6.66. The molecule has 1 spiro atoms. The van der Waals surface area contributed by atoms with Crippen molar-refractivity contribution in [1.82, 2.24) is 20.9 Å². The van der Waals surface area contributed by atoms with Gasteiger partial charge in [-0.25, -0.2) is 4.79 Å². The lowest BCUT2D eigenvalue weighted by atomic mass is 9.61. The molecule has 2 heterocycles. The van der Waals surface area contributed by atoms with Crippen molar-refractivity contribution in [2.45, 2.75) is 77.0 Å². The molecule has 0 radical (unpaired) electrons. The van der Waals surface area contributed by atoms with Crippen LogP contribution < -0.4 is 16.0 Å². The maximum atomic E-state index is 12.8. The first-order valence-corrected chi connectivity index (χ1v) is 11.9. The highest BCUT2D eigenvalue weighted by atomic mass is 16.6. The lowest BCUT2D eigenvalue weighted by Crippen LogP contribution is -2.53. The van der Waals surface area contributed by atoms with E-state index in [9.17, 15) is 19.2 Å². The van der Waals surface area contributed by atoms with Gasteiger partial charge >= 0.3 is 6.09 Å². The number of nitriles is 1.